The smallest absolute Gasteiger partial charge is 0.224 e. The zero-order valence-corrected chi connectivity index (χ0v) is 14.1. The van der Waals surface area contributed by atoms with Crippen molar-refractivity contribution in [3.63, 3.8) is 0 Å². The fourth-order valence-corrected chi connectivity index (χ4v) is 2.84. The van der Waals surface area contributed by atoms with E-state index < -0.39 is 0 Å². The summed E-state index contributed by atoms with van der Waals surface area (Å²) in [6.45, 7) is 2.07. The fraction of sp³-hybridized carbons (Fsp3) is 0.263. The van der Waals surface area contributed by atoms with Crippen LogP contribution in [-0.2, 0) is 4.79 Å². The summed E-state index contributed by atoms with van der Waals surface area (Å²) in [5.41, 5.74) is 1.53. The van der Waals surface area contributed by atoms with Gasteiger partial charge in [0.15, 0.2) is 5.78 Å². The minimum atomic E-state index is 0.0477. The van der Waals surface area contributed by atoms with Gasteiger partial charge in [-0.25, -0.2) is 0 Å². The molecule has 1 amide bonds. The predicted octanol–water partition coefficient (Wildman–Crippen LogP) is 4.79. The minimum Gasteiger partial charge on any atom is -0.326 e. The summed E-state index contributed by atoms with van der Waals surface area (Å²) in [6.07, 6.45) is 2.47. The highest BCUT2D eigenvalue weighted by Crippen LogP contribution is 2.21. The monoisotopic (exact) mass is 327 g/mol. The normalized spacial score (nSPS) is 10.3. The van der Waals surface area contributed by atoms with E-state index in [1.165, 1.54) is 11.8 Å². The van der Waals surface area contributed by atoms with Crippen LogP contribution in [0.4, 0.5) is 5.69 Å². The maximum absolute atomic E-state index is 12.1. The van der Waals surface area contributed by atoms with Gasteiger partial charge in [-0.2, -0.15) is 0 Å². The first-order valence-corrected chi connectivity index (χ1v) is 8.78. The van der Waals surface area contributed by atoms with Crippen molar-refractivity contribution in [2.45, 2.75) is 31.1 Å². The Morgan fingerprint density at radius 2 is 1.70 bits per heavy atom. The number of unbranched alkanes of at least 4 members (excludes halogenated alkanes) is 1. The number of thioether (sulfide) groups is 1. The molecule has 0 aliphatic carbocycles. The molecule has 0 saturated heterocycles. The molecule has 4 heteroatoms. The maximum Gasteiger partial charge on any atom is 0.224 e. The zero-order chi connectivity index (χ0) is 16.5. The van der Waals surface area contributed by atoms with Crippen LogP contribution in [-0.4, -0.2) is 17.4 Å². The molecule has 0 saturated carbocycles. The SMILES string of the molecule is CCCCC(=O)Nc1ccc(SCC(=O)c2ccccc2)cc1. The van der Waals surface area contributed by atoms with Gasteiger partial charge in [-0.1, -0.05) is 43.7 Å². The van der Waals surface area contributed by atoms with Gasteiger partial charge in [0, 0.05) is 22.6 Å². The van der Waals surface area contributed by atoms with Crippen LogP contribution in [0.2, 0.25) is 0 Å². The van der Waals surface area contributed by atoms with Gasteiger partial charge in [-0.05, 0) is 30.7 Å². The van der Waals surface area contributed by atoms with E-state index in [1.54, 1.807) is 0 Å². The average Bonchev–Trinajstić information content (AvgIpc) is 2.60. The van der Waals surface area contributed by atoms with Crippen LogP contribution in [0, 0.1) is 0 Å². The molecular formula is C19H21NO2S. The Kier molecular flexibility index (Phi) is 6.88. The van der Waals surface area contributed by atoms with E-state index in [0.29, 0.717) is 12.2 Å². The highest BCUT2D eigenvalue weighted by molar-refractivity contribution is 8.00. The molecule has 2 aromatic rings. The van der Waals surface area contributed by atoms with Gasteiger partial charge in [0.2, 0.25) is 5.91 Å². The number of anilines is 1. The van der Waals surface area contributed by atoms with Gasteiger partial charge in [0.05, 0.1) is 5.75 Å². The quantitative estimate of drug-likeness (QED) is 0.560. The number of hydrogen-bond donors (Lipinski definition) is 1. The first-order valence-electron chi connectivity index (χ1n) is 7.80. The van der Waals surface area contributed by atoms with E-state index in [1.807, 2.05) is 54.6 Å². The number of rotatable bonds is 8. The molecule has 0 radical (unpaired) electrons. The number of benzene rings is 2. The number of carbonyl (C=O) groups excluding carboxylic acids is 2. The molecule has 0 atom stereocenters. The minimum absolute atomic E-state index is 0.0477. The lowest BCUT2D eigenvalue weighted by molar-refractivity contribution is -0.116. The lowest BCUT2D eigenvalue weighted by Crippen LogP contribution is -2.10. The average molecular weight is 327 g/mol. The number of hydrogen-bond acceptors (Lipinski definition) is 3. The van der Waals surface area contributed by atoms with Gasteiger partial charge in [0.1, 0.15) is 0 Å². The molecule has 0 bridgehead atoms. The summed E-state index contributed by atoms with van der Waals surface area (Å²) in [6, 6.07) is 16.9. The number of Topliss-reactive ketones (excluding diaryl/α,β-unsaturated/α-hetero) is 1. The largest absolute Gasteiger partial charge is 0.326 e. The third-order valence-electron chi connectivity index (χ3n) is 3.36. The Balaban J connectivity index is 1.83. The Morgan fingerprint density at radius 1 is 1.00 bits per heavy atom. The van der Waals surface area contributed by atoms with Gasteiger partial charge < -0.3 is 5.32 Å². The summed E-state index contributed by atoms with van der Waals surface area (Å²) < 4.78 is 0. The molecule has 3 nitrogen and oxygen atoms in total. The zero-order valence-electron chi connectivity index (χ0n) is 13.2. The standard InChI is InChI=1S/C19H21NO2S/c1-2-3-9-19(22)20-16-10-12-17(13-11-16)23-14-18(21)15-7-5-4-6-8-15/h4-8,10-13H,2-3,9,14H2,1H3,(H,20,22). The number of nitrogens with one attached hydrogen (secondary N) is 1. The van der Waals surface area contributed by atoms with Crippen LogP contribution in [0.5, 0.6) is 0 Å². The van der Waals surface area contributed by atoms with Crippen molar-refractivity contribution in [3.8, 4) is 0 Å². The second-order valence-corrected chi connectivity index (χ2v) is 6.30. The third kappa shape index (κ3) is 5.91. The van der Waals surface area contributed by atoms with Gasteiger partial charge >= 0.3 is 0 Å². The second-order valence-electron chi connectivity index (χ2n) is 5.25. The van der Waals surface area contributed by atoms with Gasteiger partial charge in [-0.3, -0.25) is 9.59 Å². The number of amides is 1. The molecule has 120 valence electrons. The lowest BCUT2D eigenvalue weighted by atomic mass is 10.2. The molecule has 0 spiro atoms. The highest BCUT2D eigenvalue weighted by atomic mass is 32.2. The van der Waals surface area contributed by atoms with Crippen LogP contribution in [0.15, 0.2) is 59.5 Å². The summed E-state index contributed by atoms with van der Waals surface area (Å²) in [4.78, 5) is 24.7. The lowest BCUT2D eigenvalue weighted by Gasteiger charge is -2.06. The molecule has 0 unspecified atom stereocenters. The Hall–Kier alpha value is -2.07. The van der Waals surface area contributed by atoms with E-state index in [4.69, 9.17) is 0 Å². The molecule has 0 aliphatic heterocycles. The van der Waals surface area contributed by atoms with E-state index in [9.17, 15) is 9.59 Å². The van der Waals surface area contributed by atoms with E-state index in [-0.39, 0.29) is 11.7 Å². The van der Waals surface area contributed by atoms with Gasteiger partial charge in [0.25, 0.3) is 0 Å². The first kappa shape index (κ1) is 17.3. The van der Waals surface area contributed by atoms with Crippen LogP contribution < -0.4 is 5.32 Å². The maximum atomic E-state index is 12.1. The number of carbonyl (C=O) groups is 2. The van der Waals surface area contributed by atoms with E-state index in [2.05, 4.69) is 12.2 Å². The highest BCUT2D eigenvalue weighted by Gasteiger charge is 2.06. The molecule has 0 fully saturated rings. The van der Waals surface area contributed by atoms with Crippen molar-refractivity contribution in [3.05, 3.63) is 60.2 Å². The fourth-order valence-electron chi connectivity index (χ4n) is 2.05. The summed E-state index contributed by atoms with van der Waals surface area (Å²) >= 11 is 1.50. The van der Waals surface area contributed by atoms with Crippen molar-refractivity contribution >= 4 is 29.1 Å². The van der Waals surface area contributed by atoms with Crippen LogP contribution >= 0.6 is 11.8 Å². The topological polar surface area (TPSA) is 46.2 Å². The molecule has 2 aromatic carbocycles. The molecule has 0 aliphatic rings. The summed E-state index contributed by atoms with van der Waals surface area (Å²) in [5.74, 6) is 0.575. The van der Waals surface area contributed by atoms with Crippen LogP contribution in [0.25, 0.3) is 0 Å². The van der Waals surface area contributed by atoms with Crippen molar-refractivity contribution < 1.29 is 9.59 Å². The molecule has 1 N–H and O–H groups in total. The molecule has 23 heavy (non-hydrogen) atoms. The van der Waals surface area contributed by atoms with Crippen LogP contribution in [0.1, 0.15) is 36.5 Å². The number of ketones is 1. The predicted molar refractivity (Wildman–Crippen MR) is 96.1 cm³/mol. The first-order chi connectivity index (χ1) is 11.2. The van der Waals surface area contributed by atoms with E-state index in [0.717, 1.165) is 29.0 Å². The van der Waals surface area contributed by atoms with Crippen molar-refractivity contribution in [1.29, 1.82) is 0 Å². The molecule has 2 rings (SSSR count). The molecule has 0 heterocycles. The summed E-state index contributed by atoms with van der Waals surface area (Å²) in [5, 5.41) is 2.88. The van der Waals surface area contributed by atoms with Crippen molar-refractivity contribution in [1.82, 2.24) is 0 Å². The Morgan fingerprint density at radius 3 is 2.35 bits per heavy atom. The molecular weight excluding hydrogens is 306 g/mol. The molecule has 0 aromatic heterocycles. The van der Waals surface area contributed by atoms with Crippen molar-refractivity contribution in [2.75, 3.05) is 11.1 Å². The Bertz CT molecular complexity index is 638. The summed E-state index contributed by atoms with van der Waals surface area (Å²) in [7, 11) is 0. The second kappa shape index (κ2) is 9.16. The van der Waals surface area contributed by atoms with E-state index >= 15 is 0 Å². The van der Waals surface area contributed by atoms with Crippen LogP contribution in [0.3, 0.4) is 0 Å². The van der Waals surface area contributed by atoms with Gasteiger partial charge in [-0.15, -0.1) is 11.8 Å². The Labute approximate surface area is 141 Å². The van der Waals surface area contributed by atoms with Crippen molar-refractivity contribution in [2.24, 2.45) is 0 Å². The third-order valence-corrected chi connectivity index (χ3v) is 4.37.